The minimum absolute atomic E-state index is 0.118. The van der Waals surface area contributed by atoms with Gasteiger partial charge in [0.2, 0.25) is 11.8 Å². The highest BCUT2D eigenvalue weighted by Crippen LogP contribution is 2.34. The van der Waals surface area contributed by atoms with Crippen molar-refractivity contribution in [3.63, 3.8) is 0 Å². The zero-order valence-electron chi connectivity index (χ0n) is 18.3. The summed E-state index contributed by atoms with van der Waals surface area (Å²) in [6.07, 6.45) is 0.848. The van der Waals surface area contributed by atoms with Crippen LogP contribution >= 0.6 is 0 Å². The van der Waals surface area contributed by atoms with E-state index in [1.165, 1.54) is 17.2 Å². The molecule has 0 spiro atoms. The van der Waals surface area contributed by atoms with Crippen LogP contribution in [0.2, 0.25) is 0 Å². The van der Waals surface area contributed by atoms with Crippen LogP contribution in [-0.2, 0) is 9.59 Å². The number of carbonyl (C=O) groups is 2. The molecule has 3 aromatic carbocycles. The normalized spacial score (nSPS) is 15.8. The first kappa shape index (κ1) is 22.2. The molecule has 4 rings (SSSR count). The first-order valence-corrected chi connectivity index (χ1v) is 10.9. The molecule has 0 aliphatic carbocycles. The molecule has 0 radical (unpaired) electrons. The summed E-state index contributed by atoms with van der Waals surface area (Å²) < 4.78 is 0. The monoisotopic (exact) mass is 443 g/mol. The standard InChI is InChI=1S/C26H25N3O4/c1-18-16-25(30)28(26(18)31)21-12-13-23(24(17-21)29(32)33)27-15-14-22(19-8-4-2-5-9-19)20-10-6-3-7-11-20/h2-13,17-18,22,27H,14-16H2,1H3/t18-/m1/s1. The maximum atomic E-state index is 12.3. The lowest BCUT2D eigenvalue weighted by molar-refractivity contribution is -0.383. The summed E-state index contributed by atoms with van der Waals surface area (Å²) in [7, 11) is 0. The van der Waals surface area contributed by atoms with E-state index in [1.807, 2.05) is 36.4 Å². The molecular weight excluding hydrogens is 418 g/mol. The summed E-state index contributed by atoms with van der Waals surface area (Å²) in [5.41, 5.74) is 2.78. The van der Waals surface area contributed by atoms with Crippen molar-refractivity contribution in [2.24, 2.45) is 5.92 Å². The second-order valence-electron chi connectivity index (χ2n) is 8.22. The number of rotatable bonds is 8. The molecule has 3 aromatic rings. The van der Waals surface area contributed by atoms with Gasteiger partial charge in [-0.15, -0.1) is 0 Å². The van der Waals surface area contributed by atoms with Gasteiger partial charge in [0.1, 0.15) is 5.69 Å². The van der Waals surface area contributed by atoms with Gasteiger partial charge in [0.15, 0.2) is 0 Å². The Morgan fingerprint density at radius 2 is 1.61 bits per heavy atom. The number of nitrogens with one attached hydrogen (secondary N) is 1. The first-order valence-electron chi connectivity index (χ1n) is 10.9. The molecule has 0 aromatic heterocycles. The minimum atomic E-state index is -0.494. The van der Waals surface area contributed by atoms with Crippen LogP contribution in [0, 0.1) is 16.0 Å². The molecule has 1 fully saturated rings. The summed E-state index contributed by atoms with van der Waals surface area (Å²) in [5, 5.41) is 14.9. The summed E-state index contributed by atoms with van der Waals surface area (Å²) in [5.74, 6) is -0.943. The smallest absolute Gasteiger partial charge is 0.294 e. The highest BCUT2D eigenvalue weighted by Gasteiger charge is 2.37. The number of nitrogens with zero attached hydrogens (tertiary/aromatic N) is 2. The van der Waals surface area contributed by atoms with Crippen LogP contribution in [0.4, 0.5) is 17.1 Å². The number of hydrogen-bond donors (Lipinski definition) is 1. The van der Waals surface area contributed by atoms with Crippen molar-refractivity contribution in [3.05, 3.63) is 100 Å². The molecule has 1 atom stereocenters. The lowest BCUT2D eigenvalue weighted by atomic mass is 9.88. The van der Waals surface area contributed by atoms with Gasteiger partial charge in [-0.25, -0.2) is 0 Å². The third-order valence-electron chi connectivity index (χ3n) is 5.96. The zero-order valence-corrected chi connectivity index (χ0v) is 18.3. The van der Waals surface area contributed by atoms with E-state index in [0.29, 0.717) is 12.2 Å². The number of nitro benzene ring substituents is 1. The number of amides is 2. The molecule has 33 heavy (non-hydrogen) atoms. The summed E-state index contributed by atoms with van der Waals surface area (Å²) in [6, 6.07) is 24.7. The molecule has 168 valence electrons. The van der Waals surface area contributed by atoms with Crippen molar-refractivity contribution < 1.29 is 14.5 Å². The Balaban J connectivity index is 1.53. The number of hydrogen-bond acceptors (Lipinski definition) is 5. The second-order valence-corrected chi connectivity index (χ2v) is 8.22. The van der Waals surface area contributed by atoms with Crippen LogP contribution in [-0.4, -0.2) is 23.3 Å². The van der Waals surface area contributed by atoms with Gasteiger partial charge in [0.25, 0.3) is 5.69 Å². The topological polar surface area (TPSA) is 92.6 Å². The van der Waals surface area contributed by atoms with Crippen molar-refractivity contribution in [1.82, 2.24) is 0 Å². The summed E-state index contributed by atoms with van der Waals surface area (Å²) in [6.45, 7) is 2.19. The molecule has 0 bridgehead atoms. The minimum Gasteiger partial charge on any atom is -0.379 e. The zero-order chi connectivity index (χ0) is 23.4. The Morgan fingerprint density at radius 1 is 1.00 bits per heavy atom. The fourth-order valence-corrected chi connectivity index (χ4v) is 4.26. The van der Waals surface area contributed by atoms with Gasteiger partial charge in [-0.2, -0.15) is 0 Å². The van der Waals surface area contributed by atoms with Crippen LogP contribution in [0.25, 0.3) is 0 Å². The predicted molar refractivity (Wildman–Crippen MR) is 127 cm³/mol. The van der Waals surface area contributed by atoms with Crippen molar-refractivity contribution in [1.29, 1.82) is 0 Å². The molecule has 0 unspecified atom stereocenters. The molecule has 0 saturated carbocycles. The summed E-state index contributed by atoms with van der Waals surface area (Å²) in [4.78, 5) is 36.8. The second kappa shape index (κ2) is 9.65. The summed E-state index contributed by atoms with van der Waals surface area (Å²) >= 11 is 0. The van der Waals surface area contributed by atoms with Crippen LogP contribution in [0.5, 0.6) is 0 Å². The van der Waals surface area contributed by atoms with Gasteiger partial charge >= 0.3 is 0 Å². The quantitative estimate of drug-likeness (QED) is 0.296. The van der Waals surface area contributed by atoms with Crippen molar-refractivity contribution >= 4 is 28.9 Å². The largest absolute Gasteiger partial charge is 0.379 e. The Labute approximate surface area is 192 Å². The third kappa shape index (κ3) is 4.77. The van der Waals surface area contributed by atoms with E-state index in [1.54, 1.807) is 19.1 Å². The number of benzene rings is 3. The van der Waals surface area contributed by atoms with E-state index in [4.69, 9.17) is 0 Å². The molecule has 1 aliphatic rings. The SMILES string of the molecule is C[C@@H]1CC(=O)N(c2ccc(NCCC(c3ccccc3)c3ccccc3)c([N+](=O)[O-])c2)C1=O. The number of nitro groups is 1. The predicted octanol–water partition coefficient (Wildman–Crippen LogP) is 5.13. The van der Waals surface area contributed by atoms with Crippen molar-refractivity contribution in [2.45, 2.75) is 25.7 Å². The van der Waals surface area contributed by atoms with Crippen LogP contribution in [0.15, 0.2) is 78.9 Å². The lowest BCUT2D eigenvalue weighted by Gasteiger charge is -2.19. The highest BCUT2D eigenvalue weighted by atomic mass is 16.6. The van der Waals surface area contributed by atoms with E-state index >= 15 is 0 Å². The molecule has 1 saturated heterocycles. The van der Waals surface area contributed by atoms with Gasteiger partial charge in [-0.05, 0) is 29.7 Å². The van der Waals surface area contributed by atoms with E-state index in [0.717, 1.165) is 11.3 Å². The Morgan fingerprint density at radius 3 is 2.12 bits per heavy atom. The Kier molecular flexibility index (Phi) is 6.49. The van der Waals surface area contributed by atoms with E-state index < -0.39 is 10.8 Å². The first-order chi connectivity index (χ1) is 16.0. The fraction of sp³-hybridized carbons (Fsp3) is 0.231. The maximum absolute atomic E-state index is 12.3. The average Bonchev–Trinajstić information content (AvgIpc) is 3.09. The molecule has 7 heteroatoms. The fourth-order valence-electron chi connectivity index (χ4n) is 4.26. The molecule has 7 nitrogen and oxygen atoms in total. The lowest BCUT2D eigenvalue weighted by Crippen LogP contribution is -2.30. The van der Waals surface area contributed by atoms with Gasteiger partial charge in [-0.3, -0.25) is 24.6 Å². The van der Waals surface area contributed by atoms with Gasteiger partial charge in [-0.1, -0.05) is 67.6 Å². The molecule has 1 aliphatic heterocycles. The van der Waals surface area contributed by atoms with Gasteiger partial charge < -0.3 is 5.32 Å². The molecule has 1 N–H and O–H groups in total. The Bertz CT molecular complexity index is 1130. The van der Waals surface area contributed by atoms with E-state index in [9.17, 15) is 19.7 Å². The van der Waals surface area contributed by atoms with Crippen molar-refractivity contribution in [3.8, 4) is 0 Å². The van der Waals surface area contributed by atoms with Gasteiger partial charge in [0.05, 0.1) is 10.6 Å². The number of imide groups is 1. The third-order valence-corrected chi connectivity index (χ3v) is 5.96. The van der Waals surface area contributed by atoms with Crippen LogP contribution in [0.1, 0.15) is 36.8 Å². The molecular formula is C26H25N3O4. The Hall–Kier alpha value is -4.00. The average molecular weight is 444 g/mol. The maximum Gasteiger partial charge on any atom is 0.294 e. The van der Waals surface area contributed by atoms with Crippen molar-refractivity contribution in [2.75, 3.05) is 16.8 Å². The highest BCUT2D eigenvalue weighted by molar-refractivity contribution is 6.21. The number of carbonyl (C=O) groups excluding carboxylic acids is 2. The molecule has 1 heterocycles. The van der Waals surface area contributed by atoms with Crippen LogP contribution in [0.3, 0.4) is 0 Å². The van der Waals surface area contributed by atoms with E-state index in [2.05, 4.69) is 29.6 Å². The van der Waals surface area contributed by atoms with E-state index in [-0.39, 0.29) is 35.5 Å². The van der Waals surface area contributed by atoms with Crippen LogP contribution < -0.4 is 10.2 Å². The molecule has 2 amide bonds. The number of anilines is 2. The van der Waals surface area contributed by atoms with Gasteiger partial charge in [0, 0.05) is 30.9 Å².